The number of carboxylic acid groups (broad SMARTS) is 1. The van der Waals surface area contributed by atoms with Gasteiger partial charge in [-0.3, -0.25) is 4.99 Å². The minimum absolute atomic E-state index is 0.0582. The molecular weight excluding hydrogens is 242 g/mol. The molecule has 0 aromatic carbocycles. The lowest BCUT2D eigenvalue weighted by molar-refractivity contribution is -0.129. The third-order valence-corrected chi connectivity index (χ3v) is 3.41. The van der Waals surface area contributed by atoms with Crippen molar-refractivity contribution in [3.05, 3.63) is 10.9 Å². The summed E-state index contributed by atoms with van der Waals surface area (Å²) in [7, 11) is 0. The van der Waals surface area contributed by atoms with Crippen LogP contribution in [0.4, 0.5) is 0 Å². The number of nitrogens with zero attached hydrogens (tertiary/aromatic N) is 2. The van der Waals surface area contributed by atoms with Crippen molar-refractivity contribution in [2.75, 3.05) is 6.54 Å². The van der Waals surface area contributed by atoms with Crippen molar-refractivity contribution in [2.45, 2.75) is 32.4 Å². The van der Waals surface area contributed by atoms with Crippen molar-refractivity contribution in [3.63, 3.8) is 0 Å². The van der Waals surface area contributed by atoms with Gasteiger partial charge in [-0.1, -0.05) is 18.5 Å². The van der Waals surface area contributed by atoms with Crippen LogP contribution in [0.25, 0.3) is 0 Å². The molecule has 3 N–H and O–H groups in total. The van der Waals surface area contributed by atoms with Crippen LogP contribution in [0.3, 0.4) is 0 Å². The van der Waals surface area contributed by atoms with Gasteiger partial charge < -0.3 is 15.7 Å². The van der Waals surface area contributed by atoms with E-state index < -0.39 is 5.97 Å². The number of nitrogens with two attached hydrogens (primary N) is 1. The molecule has 6 heteroatoms. The summed E-state index contributed by atoms with van der Waals surface area (Å²) in [6.45, 7) is 2.79. The van der Waals surface area contributed by atoms with E-state index >= 15 is 0 Å². The number of halogens is 1. The van der Waals surface area contributed by atoms with Gasteiger partial charge in [0.15, 0.2) is 5.71 Å². The predicted molar refractivity (Wildman–Crippen MR) is 65.6 cm³/mol. The molecule has 0 radical (unpaired) electrons. The smallest absolute Gasteiger partial charge is 0.355 e. The first-order chi connectivity index (χ1) is 8.06. The molecule has 2 rings (SSSR count). The third-order valence-electron chi connectivity index (χ3n) is 3.03. The molecule has 1 heterocycles. The lowest BCUT2D eigenvalue weighted by Crippen LogP contribution is -2.44. The summed E-state index contributed by atoms with van der Waals surface area (Å²) in [5.74, 6) is -0.350. The van der Waals surface area contributed by atoms with Gasteiger partial charge in [0.25, 0.3) is 0 Å². The molecule has 1 unspecified atom stereocenters. The Morgan fingerprint density at radius 3 is 2.76 bits per heavy atom. The Morgan fingerprint density at radius 1 is 1.65 bits per heavy atom. The third kappa shape index (κ3) is 2.24. The van der Waals surface area contributed by atoms with E-state index in [1.54, 1.807) is 0 Å². The van der Waals surface area contributed by atoms with E-state index in [1.807, 2.05) is 11.8 Å². The highest BCUT2D eigenvalue weighted by atomic mass is 35.5. The van der Waals surface area contributed by atoms with Gasteiger partial charge in [-0.05, 0) is 25.2 Å². The normalized spacial score (nSPS) is 24.9. The molecule has 0 aromatic rings. The zero-order chi connectivity index (χ0) is 12.6. The fourth-order valence-corrected chi connectivity index (χ4v) is 2.28. The van der Waals surface area contributed by atoms with Crippen molar-refractivity contribution in [3.8, 4) is 0 Å². The Labute approximate surface area is 105 Å². The van der Waals surface area contributed by atoms with Crippen LogP contribution in [-0.4, -0.2) is 34.4 Å². The van der Waals surface area contributed by atoms with Crippen LogP contribution >= 0.6 is 11.6 Å². The minimum atomic E-state index is -1.11. The van der Waals surface area contributed by atoms with Gasteiger partial charge in [-0.2, -0.15) is 0 Å². The molecule has 0 spiro atoms. The zero-order valence-electron chi connectivity index (χ0n) is 9.69. The molecule has 0 aromatic heterocycles. The monoisotopic (exact) mass is 257 g/mol. The van der Waals surface area contributed by atoms with Crippen LogP contribution in [0.1, 0.15) is 26.2 Å². The topological polar surface area (TPSA) is 78.9 Å². The number of aliphatic imine (C=N–C) groups is 1. The molecule has 0 saturated heterocycles. The summed E-state index contributed by atoms with van der Waals surface area (Å²) in [5.41, 5.74) is 5.82. The van der Waals surface area contributed by atoms with Gasteiger partial charge in [0.2, 0.25) is 0 Å². The molecule has 5 nitrogen and oxygen atoms in total. The van der Waals surface area contributed by atoms with Crippen molar-refractivity contribution in [1.29, 1.82) is 0 Å². The highest BCUT2D eigenvalue weighted by molar-refractivity contribution is 6.58. The van der Waals surface area contributed by atoms with Gasteiger partial charge >= 0.3 is 5.97 Å². The second-order valence-corrected chi connectivity index (χ2v) is 4.80. The number of carbonyl (C=O) groups is 1. The second kappa shape index (κ2) is 4.56. The molecule has 1 saturated carbocycles. The van der Waals surface area contributed by atoms with Crippen molar-refractivity contribution in [2.24, 2.45) is 16.6 Å². The molecule has 94 valence electrons. The Kier molecular flexibility index (Phi) is 3.28. The summed E-state index contributed by atoms with van der Waals surface area (Å²) in [5, 5.41) is 9.10. The number of rotatable bonds is 4. The lowest BCUT2D eigenvalue weighted by atomic mass is 10.2. The maximum absolute atomic E-state index is 11.0. The van der Waals surface area contributed by atoms with Crippen molar-refractivity contribution < 1.29 is 9.90 Å². The summed E-state index contributed by atoms with van der Waals surface area (Å²) >= 11 is 5.95. The summed E-state index contributed by atoms with van der Waals surface area (Å²) < 4.78 is 0. The maximum Gasteiger partial charge on any atom is 0.355 e. The van der Waals surface area contributed by atoms with Crippen LogP contribution < -0.4 is 5.73 Å². The first-order valence-electron chi connectivity index (χ1n) is 5.79. The van der Waals surface area contributed by atoms with Crippen molar-refractivity contribution >= 4 is 23.3 Å². The Hall–Kier alpha value is -1.23. The van der Waals surface area contributed by atoms with E-state index in [0.717, 1.165) is 25.8 Å². The van der Waals surface area contributed by atoms with Crippen LogP contribution in [0.2, 0.25) is 0 Å². The summed E-state index contributed by atoms with van der Waals surface area (Å²) in [4.78, 5) is 17.2. The zero-order valence-corrected chi connectivity index (χ0v) is 10.4. The van der Waals surface area contributed by atoms with E-state index in [4.69, 9.17) is 22.4 Å². The maximum atomic E-state index is 11.0. The van der Waals surface area contributed by atoms with Gasteiger partial charge in [0, 0.05) is 6.54 Å². The largest absolute Gasteiger partial charge is 0.476 e. The van der Waals surface area contributed by atoms with Crippen LogP contribution in [0.5, 0.6) is 0 Å². The highest BCUT2D eigenvalue weighted by Crippen LogP contribution is 2.39. The molecule has 1 aliphatic carbocycles. The number of aliphatic carboxylic acids is 1. The van der Waals surface area contributed by atoms with E-state index in [-0.39, 0.29) is 16.9 Å². The van der Waals surface area contributed by atoms with E-state index in [1.165, 1.54) is 0 Å². The lowest BCUT2D eigenvalue weighted by Gasteiger charge is -2.34. The van der Waals surface area contributed by atoms with E-state index in [2.05, 4.69) is 4.99 Å². The second-order valence-electron chi connectivity index (χ2n) is 4.43. The summed E-state index contributed by atoms with van der Waals surface area (Å²) in [6, 6.07) is 0. The molecule has 1 atom stereocenters. The molecule has 17 heavy (non-hydrogen) atoms. The first-order valence-corrected chi connectivity index (χ1v) is 6.17. The average molecular weight is 258 g/mol. The number of carboxylic acids is 1. The predicted octanol–water partition coefficient (Wildman–Crippen LogP) is 1.34. The molecule has 0 bridgehead atoms. The van der Waals surface area contributed by atoms with Gasteiger partial charge in [-0.15, -0.1) is 0 Å². The fourth-order valence-electron chi connectivity index (χ4n) is 2.05. The van der Waals surface area contributed by atoms with Gasteiger partial charge in [-0.25, -0.2) is 4.79 Å². The van der Waals surface area contributed by atoms with Gasteiger partial charge in [0.1, 0.15) is 17.0 Å². The van der Waals surface area contributed by atoms with Crippen LogP contribution in [0.15, 0.2) is 15.8 Å². The van der Waals surface area contributed by atoms with Crippen LogP contribution in [0, 0.1) is 5.92 Å². The molecule has 1 fully saturated rings. The standard InChI is InChI=1S/C11H16ClN3O2/c1-2-5-15-9(13)7(12)8(11(16)17)14-10(15)6-3-4-6/h6,10H,2-5,13H2,1H3,(H,16,17). The first kappa shape index (κ1) is 12.2. The molecule has 1 aliphatic heterocycles. The van der Waals surface area contributed by atoms with Crippen molar-refractivity contribution in [1.82, 2.24) is 4.90 Å². The SMILES string of the molecule is CCCN1C(N)=C(Cl)C(C(=O)O)=NC1C1CC1. The van der Waals surface area contributed by atoms with E-state index in [0.29, 0.717) is 11.7 Å². The number of hydrogen-bond acceptors (Lipinski definition) is 4. The Bertz CT molecular complexity index is 402. The summed E-state index contributed by atoms with van der Waals surface area (Å²) in [6.07, 6.45) is 2.92. The van der Waals surface area contributed by atoms with Gasteiger partial charge in [0.05, 0.1) is 0 Å². The quantitative estimate of drug-likeness (QED) is 0.797. The van der Waals surface area contributed by atoms with E-state index in [9.17, 15) is 4.79 Å². The average Bonchev–Trinajstić information content (AvgIpc) is 3.08. The minimum Gasteiger partial charge on any atom is -0.476 e. The Balaban J connectivity index is 2.33. The highest BCUT2D eigenvalue weighted by Gasteiger charge is 2.40. The molecular formula is C11H16ClN3O2. The Morgan fingerprint density at radius 2 is 2.29 bits per heavy atom. The molecule has 0 amide bonds. The van der Waals surface area contributed by atoms with Crippen LogP contribution in [-0.2, 0) is 4.79 Å². The number of hydrogen-bond donors (Lipinski definition) is 2. The fraction of sp³-hybridized carbons (Fsp3) is 0.636. The molecule has 2 aliphatic rings.